The van der Waals surface area contributed by atoms with Gasteiger partial charge in [-0.15, -0.1) is 0 Å². The van der Waals surface area contributed by atoms with Crippen LogP contribution in [-0.4, -0.2) is 38.5 Å². The molecule has 1 amide bonds. The first kappa shape index (κ1) is 16.3. The predicted molar refractivity (Wildman–Crippen MR) is 97.0 cm³/mol. The molecule has 7 heteroatoms. The molecule has 0 radical (unpaired) electrons. The molecule has 1 aliphatic heterocycles. The Morgan fingerprint density at radius 1 is 1.27 bits per heavy atom. The van der Waals surface area contributed by atoms with Crippen LogP contribution < -0.4 is 0 Å². The second-order valence-electron chi connectivity index (χ2n) is 6.60. The van der Waals surface area contributed by atoms with Crippen molar-refractivity contribution in [2.75, 3.05) is 6.54 Å². The van der Waals surface area contributed by atoms with Gasteiger partial charge in [0.05, 0.1) is 10.4 Å². The fourth-order valence-electron chi connectivity index (χ4n) is 3.79. The van der Waals surface area contributed by atoms with Crippen molar-refractivity contribution in [2.24, 2.45) is 0 Å². The van der Waals surface area contributed by atoms with E-state index in [1.165, 1.54) is 17.7 Å². The molecule has 3 aromatic rings. The maximum absolute atomic E-state index is 13.1. The fourth-order valence-corrected chi connectivity index (χ4v) is 3.79. The van der Waals surface area contributed by atoms with Crippen molar-refractivity contribution in [3.63, 3.8) is 0 Å². The summed E-state index contributed by atoms with van der Waals surface area (Å²) in [5.74, 6) is 0.0855. The van der Waals surface area contributed by atoms with Gasteiger partial charge in [-0.05, 0) is 25.0 Å². The second kappa shape index (κ2) is 6.25. The summed E-state index contributed by atoms with van der Waals surface area (Å²) in [7, 11) is 0. The first-order valence-corrected chi connectivity index (χ1v) is 8.54. The van der Waals surface area contributed by atoms with Gasteiger partial charge >= 0.3 is 0 Å². The van der Waals surface area contributed by atoms with E-state index in [9.17, 15) is 14.9 Å². The zero-order valence-corrected chi connectivity index (χ0v) is 14.3. The minimum atomic E-state index is -0.468. The van der Waals surface area contributed by atoms with Crippen molar-refractivity contribution in [1.82, 2.24) is 15.1 Å². The highest BCUT2D eigenvalue weighted by Crippen LogP contribution is 2.34. The first-order valence-electron chi connectivity index (χ1n) is 8.54. The number of hydrogen-bond acceptors (Lipinski definition) is 4. The van der Waals surface area contributed by atoms with E-state index in [1.54, 1.807) is 6.07 Å². The number of likely N-dealkylation sites (tertiary alicyclic amines) is 1. The van der Waals surface area contributed by atoms with Crippen LogP contribution >= 0.6 is 0 Å². The molecule has 4 rings (SSSR count). The number of aromatic amines is 1. The smallest absolute Gasteiger partial charge is 0.275 e. The van der Waals surface area contributed by atoms with Gasteiger partial charge < -0.3 is 4.90 Å². The predicted octanol–water partition coefficient (Wildman–Crippen LogP) is 3.49. The van der Waals surface area contributed by atoms with Gasteiger partial charge in [-0.3, -0.25) is 20.0 Å². The fraction of sp³-hybridized carbons (Fsp3) is 0.263. The summed E-state index contributed by atoms with van der Waals surface area (Å²) in [6, 6.07) is 14.6. The number of nitrogens with zero attached hydrogens (tertiary/aromatic N) is 3. The van der Waals surface area contributed by atoms with Crippen LogP contribution in [0.4, 0.5) is 5.69 Å². The minimum Gasteiger partial charge on any atom is -0.334 e. The molecule has 1 aliphatic rings. The van der Waals surface area contributed by atoms with Crippen LogP contribution in [0.3, 0.4) is 0 Å². The van der Waals surface area contributed by atoms with Crippen molar-refractivity contribution in [1.29, 1.82) is 0 Å². The molecule has 1 N–H and O–H groups in total. The Labute approximate surface area is 149 Å². The zero-order chi connectivity index (χ0) is 18.3. The molecular weight excluding hydrogens is 332 g/mol. The van der Waals surface area contributed by atoms with Crippen LogP contribution in [0.2, 0.25) is 0 Å². The molecule has 0 saturated carbocycles. The Hall–Kier alpha value is -3.22. The lowest BCUT2D eigenvalue weighted by Gasteiger charge is -2.24. The Bertz CT molecular complexity index is 983. The molecule has 1 fully saturated rings. The maximum Gasteiger partial charge on any atom is 0.275 e. The summed E-state index contributed by atoms with van der Waals surface area (Å²) in [5.41, 5.74) is 2.03. The molecule has 26 heavy (non-hydrogen) atoms. The third-order valence-electron chi connectivity index (χ3n) is 5.20. The summed E-state index contributed by atoms with van der Waals surface area (Å²) in [4.78, 5) is 25.4. The van der Waals surface area contributed by atoms with Gasteiger partial charge in [0.25, 0.3) is 11.6 Å². The lowest BCUT2D eigenvalue weighted by Crippen LogP contribution is -2.35. The van der Waals surface area contributed by atoms with E-state index in [-0.39, 0.29) is 29.2 Å². The third kappa shape index (κ3) is 2.61. The van der Waals surface area contributed by atoms with Gasteiger partial charge in [-0.25, -0.2) is 0 Å². The SMILES string of the molecule is C[C@H]1[C@H](c2ccccc2)CCN1C(=O)c1n[nH]c2ccc([N+](=O)[O-])cc12. The Morgan fingerprint density at radius 2 is 2.04 bits per heavy atom. The average molecular weight is 350 g/mol. The average Bonchev–Trinajstić information content (AvgIpc) is 3.25. The summed E-state index contributed by atoms with van der Waals surface area (Å²) < 4.78 is 0. The lowest BCUT2D eigenvalue weighted by molar-refractivity contribution is -0.384. The van der Waals surface area contributed by atoms with Crippen molar-refractivity contribution in [3.8, 4) is 0 Å². The van der Waals surface area contributed by atoms with Crippen molar-refractivity contribution < 1.29 is 9.72 Å². The van der Waals surface area contributed by atoms with E-state index in [1.807, 2.05) is 30.0 Å². The highest BCUT2D eigenvalue weighted by atomic mass is 16.6. The molecule has 0 spiro atoms. The van der Waals surface area contributed by atoms with Crippen molar-refractivity contribution in [2.45, 2.75) is 25.3 Å². The topological polar surface area (TPSA) is 92.1 Å². The van der Waals surface area contributed by atoms with Crippen LogP contribution in [0, 0.1) is 10.1 Å². The Kier molecular flexibility index (Phi) is 3.91. The lowest BCUT2D eigenvalue weighted by atomic mass is 9.93. The number of aromatic nitrogens is 2. The monoisotopic (exact) mass is 350 g/mol. The third-order valence-corrected chi connectivity index (χ3v) is 5.20. The van der Waals surface area contributed by atoms with Crippen LogP contribution in [0.15, 0.2) is 48.5 Å². The number of carbonyl (C=O) groups excluding carboxylic acids is 1. The Morgan fingerprint density at radius 3 is 2.77 bits per heavy atom. The number of amides is 1. The van der Waals surface area contributed by atoms with Gasteiger partial charge in [0.15, 0.2) is 5.69 Å². The van der Waals surface area contributed by atoms with E-state index in [4.69, 9.17) is 0 Å². The molecule has 0 aliphatic carbocycles. The first-order chi connectivity index (χ1) is 12.6. The molecule has 2 aromatic carbocycles. The number of carbonyl (C=O) groups is 1. The number of non-ortho nitro benzene ring substituents is 1. The summed E-state index contributed by atoms with van der Waals surface area (Å²) in [6.07, 6.45) is 0.888. The van der Waals surface area contributed by atoms with Crippen molar-refractivity contribution >= 4 is 22.5 Å². The highest BCUT2D eigenvalue weighted by molar-refractivity contribution is 6.05. The van der Waals surface area contributed by atoms with Gasteiger partial charge in [0.2, 0.25) is 0 Å². The van der Waals surface area contributed by atoms with E-state index >= 15 is 0 Å². The molecule has 1 saturated heterocycles. The number of nitro groups is 1. The molecule has 0 unspecified atom stereocenters. The van der Waals surface area contributed by atoms with E-state index in [2.05, 4.69) is 22.3 Å². The second-order valence-corrected chi connectivity index (χ2v) is 6.60. The van der Waals surface area contributed by atoms with Crippen LogP contribution in [0.25, 0.3) is 10.9 Å². The number of nitro benzene ring substituents is 1. The number of rotatable bonds is 3. The largest absolute Gasteiger partial charge is 0.334 e. The molecule has 0 bridgehead atoms. The zero-order valence-electron chi connectivity index (χ0n) is 14.3. The van der Waals surface area contributed by atoms with Gasteiger partial charge in [0, 0.05) is 36.0 Å². The van der Waals surface area contributed by atoms with Gasteiger partial charge in [-0.1, -0.05) is 30.3 Å². The summed E-state index contributed by atoms with van der Waals surface area (Å²) in [5, 5.41) is 18.5. The van der Waals surface area contributed by atoms with Crippen LogP contribution in [0.1, 0.15) is 35.3 Å². The summed E-state index contributed by atoms with van der Waals surface area (Å²) in [6.45, 7) is 2.68. The normalized spacial score (nSPS) is 19.8. The van der Waals surface area contributed by atoms with Crippen LogP contribution in [-0.2, 0) is 0 Å². The minimum absolute atomic E-state index is 0.0374. The number of benzene rings is 2. The summed E-state index contributed by atoms with van der Waals surface area (Å²) >= 11 is 0. The molecule has 1 aromatic heterocycles. The van der Waals surface area contributed by atoms with E-state index in [0.29, 0.717) is 17.4 Å². The van der Waals surface area contributed by atoms with Crippen LogP contribution in [0.5, 0.6) is 0 Å². The molecule has 2 atom stereocenters. The van der Waals surface area contributed by atoms with Gasteiger partial charge in [0.1, 0.15) is 0 Å². The standard InChI is InChI=1S/C19H18N4O3/c1-12-15(13-5-3-2-4-6-13)9-10-22(12)19(24)18-16-11-14(23(25)26)7-8-17(16)20-21-18/h2-8,11-12,15H,9-10H2,1H3,(H,20,21)/t12-,15+/m0/s1. The van der Waals surface area contributed by atoms with E-state index < -0.39 is 4.92 Å². The maximum atomic E-state index is 13.1. The number of hydrogen-bond donors (Lipinski definition) is 1. The number of nitrogens with one attached hydrogen (secondary N) is 1. The highest BCUT2D eigenvalue weighted by Gasteiger charge is 2.36. The quantitative estimate of drug-likeness (QED) is 0.578. The molecule has 2 heterocycles. The van der Waals surface area contributed by atoms with Gasteiger partial charge in [-0.2, -0.15) is 5.10 Å². The molecule has 132 valence electrons. The molecular formula is C19H18N4O3. The number of fused-ring (bicyclic) bond motifs is 1. The molecule has 7 nitrogen and oxygen atoms in total. The number of H-pyrrole nitrogens is 1. The Balaban J connectivity index is 1.65. The van der Waals surface area contributed by atoms with Crippen molar-refractivity contribution in [3.05, 3.63) is 69.9 Å². The van der Waals surface area contributed by atoms with E-state index in [0.717, 1.165) is 6.42 Å².